The second-order valence-electron chi connectivity index (χ2n) is 8.60. The average molecular weight is 545 g/mol. The molecule has 3 heterocycles. The Morgan fingerprint density at radius 3 is 2.62 bits per heavy atom. The van der Waals surface area contributed by atoms with Gasteiger partial charge < -0.3 is 19.0 Å². The average Bonchev–Trinajstić information content (AvgIpc) is 3.52. The Hall–Kier alpha value is -4.70. The Kier molecular flexibility index (Phi) is 7.03. The largest absolute Gasteiger partial charge is 0.496 e. The number of ether oxygens (including phenoxy) is 2. The fourth-order valence-corrected chi connectivity index (χ4v) is 5.59. The fourth-order valence-electron chi connectivity index (χ4n) is 4.57. The van der Waals surface area contributed by atoms with E-state index in [9.17, 15) is 19.5 Å². The molecule has 1 aliphatic heterocycles. The Bertz CT molecular complexity index is 1810. The van der Waals surface area contributed by atoms with Gasteiger partial charge in [-0.3, -0.25) is 9.36 Å². The molecular formula is C29H24N2O7S. The van der Waals surface area contributed by atoms with Crippen LogP contribution in [0.4, 0.5) is 0 Å². The van der Waals surface area contributed by atoms with E-state index in [-0.39, 0.29) is 23.3 Å². The maximum atomic E-state index is 13.8. The number of para-hydroxylation sites is 1. The van der Waals surface area contributed by atoms with Crippen LogP contribution in [0.1, 0.15) is 41.6 Å². The molecule has 0 unspecified atom stereocenters. The van der Waals surface area contributed by atoms with Crippen LogP contribution in [0, 0.1) is 0 Å². The minimum Gasteiger partial charge on any atom is -0.496 e. The smallest absolute Gasteiger partial charge is 0.338 e. The van der Waals surface area contributed by atoms with E-state index in [0.717, 1.165) is 11.3 Å². The number of esters is 1. The Morgan fingerprint density at radius 2 is 1.87 bits per heavy atom. The maximum absolute atomic E-state index is 13.8. The van der Waals surface area contributed by atoms with E-state index in [4.69, 9.17) is 13.9 Å². The zero-order valence-corrected chi connectivity index (χ0v) is 22.2. The topological polar surface area (TPSA) is 120 Å². The molecule has 0 radical (unpaired) electrons. The first kappa shape index (κ1) is 25.9. The first-order valence-corrected chi connectivity index (χ1v) is 12.9. The highest BCUT2D eigenvalue weighted by atomic mass is 32.1. The highest BCUT2D eigenvalue weighted by Gasteiger charge is 2.35. The number of furan rings is 1. The highest BCUT2D eigenvalue weighted by Crippen LogP contribution is 2.35. The molecule has 0 fully saturated rings. The molecule has 39 heavy (non-hydrogen) atoms. The number of hydrogen-bond acceptors (Lipinski definition) is 8. The Morgan fingerprint density at radius 1 is 1.13 bits per heavy atom. The number of fused-ring (bicyclic) bond motifs is 1. The second kappa shape index (κ2) is 10.6. The summed E-state index contributed by atoms with van der Waals surface area (Å²) in [7, 11) is 1.53. The van der Waals surface area contributed by atoms with Gasteiger partial charge in [-0.1, -0.05) is 47.7 Å². The molecule has 1 N–H and O–H groups in total. The quantitative estimate of drug-likeness (QED) is 0.352. The lowest BCUT2D eigenvalue weighted by molar-refractivity contribution is -0.139. The van der Waals surface area contributed by atoms with Crippen molar-refractivity contribution in [1.29, 1.82) is 0 Å². The number of allylic oxidation sites excluding steroid dienone is 1. The third kappa shape index (κ3) is 4.70. The highest BCUT2D eigenvalue weighted by molar-refractivity contribution is 7.07. The van der Waals surface area contributed by atoms with Crippen LogP contribution in [-0.2, 0) is 9.53 Å². The van der Waals surface area contributed by atoms with E-state index in [1.54, 1.807) is 62.4 Å². The predicted octanol–water partition coefficient (Wildman–Crippen LogP) is 3.77. The first-order valence-electron chi connectivity index (χ1n) is 12.1. The molecule has 0 saturated heterocycles. The van der Waals surface area contributed by atoms with Crippen molar-refractivity contribution in [2.45, 2.75) is 19.9 Å². The van der Waals surface area contributed by atoms with E-state index < -0.39 is 18.0 Å². The number of carbonyl (C=O) groups excluding carboxylic acids is 1. The van der Waals surface area contributed by atoms with Crippen LogP contribution in [0.3, 0.4) is 0 Å². The van der Waals surface area contributed by atoms with Gasteiger partial charge in [-0.2, -0.15) is 0 Å². The molecule has 198 valence electrons. The molecule has 0 amide bonds. The van der Waals surface area contributed by atoms with Crippen LogP contribution >= 0.6 is 11.3 Å². The van der Waals surface area contributed by atoms with E-state index in [1.165, 1.54) is 17.7 Å². The van der Waals surface area contributed by atoms with Gasteiger partial charge in [0, 0.05) is 17.2 Å². The van der Waals surface area contributed by atoms with Gasteiger partial charge in [-0.25, -0.2) is 14.6 Å². The fraction of sp³-hybridized carbons (Fsp3) is 0.172. The van der Waals surface area contributed by atoms with Crippen LogP contribution in [0.5, 0.6) is 5.75 Å². The monoisotopic (exact) mass is 544 g/mol. The number of rotatable bonds is 7. The summed E-state index contributed by atoms with van der Waals surface area (Å²) in [6, 6.07) is 16.2. The van der Waals surface area contributed by atoms with Crippen molar-refractivity contribution in [3.05, 3.63) is 109 Å². The maximum Gasteiger partial charge on any atom is 0.338 e. The van der Waals surface area contributed by atoms with Crippen molar-refractivity contribution in [2.75, 3.05) is 13.7 Å². The lowest BCUT2D eigenvalue weighted by Gasteiger charge is -2.25. The molecule has 2 aromatic heterocycles. The molecule has 1 atom stereocenters. The van der Waals surface area contributed by atoms with Gasteiger partial charge in [-0.15, -0.1) is 0 Å². The summed E-state index contributed by atoms with van der Waals surface area (Å²) in [5.74, 6) is -0.385. The van der Waals surface area contributed by atoms with Gasteiger partial charge in [-0.05, 0) is 38.1 Å². The Balaban J connectivity index is 1.66. The van der Waals surface area contributed by atoms with E-state index in [0.29, 0.717) is 43.4 Å². The number of hydrogen-bond donors (Lipinski definition) is 1. The normalized spacial score (nSPS) is 15.1. The van der Waals surface area contributed by atoms with Crippen molar-refractivity contribution in [1.82, 2.24) is 4.57 Å². The van der Waals surface area contributed by atoms with E-state index in [1.807, 2.05) is 12.1 Å². The number of carboxylic acids is 1. The number of benzene rings is 2. The van der Waals surface area contributed by atoms with Gasteiger partial charge in [0.15, 0.2) is 4.80 Å². The van der Waals surface area contributed by atoms with Crippen molar-refractivity contribution in [2.24, 2.45) is 4.99 Å². The number of nitrogens with zero attached hydrogens (tertiary/aromatic N) is 2. The molecule has 2 aromatic carbocycles. The third-order valence-corrected chi connectivity index (χ3v) is 7.26. The lowest BCUT2D eigenvalue weighted by atomic mass is 9.95. The second-order valence-corrected chi connectivity index (χ2v) is 9.61. The van der Waals surface area contributed by atoms with Crippen LogP contribution in [0.25, 0.3) is 17.4 Å². The van der Waals surface area contributed by atoms with Crippen LogP contribution in [0.2, 0.25) is 0 Å². The van der Waals surface area contributed by atoms with Crippen molar-refractivity contribution < 1.29 is 28.6 Å². The molecule has 4 aromatic rings. The van der Waals surface area contributed by atoms with Gasteiger partial charge in [0.1, 0.15) is 23.3 Å². The molecule has 9 nitrogen and oxygen atoms in total. The molecule has 10 heteroatoms. The zero-order valence-electron chi connectivity index (χ0n) is 21.3. The standard InChI is InChI=1S/C29H24N2O7S/c1-4-37-28(35)24-16(2)30-29-31(25(24)20-11-7-8-12-21(20)36-3)26(32)23(39-29)15-17-13-14-22(38-17)18-9-5-6-10-19(18)27(33)34/h5-15,25H,4H2,1-3H3,(H,33,34)/b23-15-/t25-/m1/s1. The molecule has 0 saturated carbocycles. The molecular weight excluding hydrogens is 520 g/mol. The van der Waals surface area contributed by atoms with Crippen LogP contribution in [-0.4, -0.2) is 35.3 Å². The molecule has 0 bridgehead atoms. The summed E-state index contributed by atoms with van der Waals surface area (Å²) in [4.78, 5) is 43.5. The van der Waals surface area contributed by atoms with Gasteiger partial charge >= 0.3 is 11.9 Å². The van der Waals surface area contributed by atoms with Crippen LogP contribution < -0.4 is 19.6 Å². The number of aromatic nitrogens is 1. The third-order valence-electron chi connectivity index (χ3n) is 6.27. The van der Waals surface area contributed by atoms with E-state index >= 15 is 0 Å². The zero-order chi connectivity index (χ0) is 27.7. The summed E-state index contributed by atoms with van der Waals surface area (Å²) >= 11 is 1.16. The van der Waals surface area contributed by atoms with Gasteiger partial charge in [0.25, 0.3) is 5.56 Å². The summed E-state index contributed by atoms with van der Waals surface area (Å²) < 4.78 is 18.6. The molecule has 1 aliphatic rings. The number of carbonyl (C=O) groups is 2. The van der Waals surface area contributed by atoms with Crippen molar-refractivity contribution in [3.63, 3.8) is 0 Å². The summed E-state index contributed by atoms with van der Waals surface area (Å²) in [5, 5.41) is 9.52. The van der Waals surface area contributed by atoms with Gasteiger partial charge in [0.2, 0.25) is 0 Å². The first-order chi connectivity index (χ1) is 18.8. The van der Waals surface area contributed by atoms with Crippen molar-refractivity contribution in [3.8, 4) is 17.1 Å². The minimum atomic E-state index is -1.07. The number of aromatic carboxylic acids is 1. The summed E-state index contributed by atoms with van der Waals surface area (Å²) in [6.07, 6.45) is 1.58. The summed E-state index contributed by atoms with van der Waals surface area (Å²) in [6.45, 7) is 3.60. The minimum absolute atomic E-state index is 0.108. The number of thiazole rings is 1. The van der Waals surface area contributed by atoms with E-state index in [2.05, 4.69) is 4.99 Å². The number of carboxylic acid groups (broad SMARTS) is 1. The van der Waals surface area contributed by atoms with Crippen LogP contribution in [0.15, 0.2) is 86.1 Å². The lowest BCUT2D eigenvalue weighted by Crippen LogP contribution is -2.40. The van der Waals surface area contributed by atoms with Crippen molar-refractivity contribution >= 4 is 29.4 Å². The molecule has 0 aliphatic carbocycles. The number of methoxy groups -OCH3 is 1. The summed E-state index contributed by atoms with van der Waals surface area (Å²) in [5.41, 5.74) is 1.49. The Labute approximate surface area is 226 Å². The van der Waals surface area contributed by atoms with Gasteiger partial charge in [0.05, 0.1) is 35.1 Å². The predicted molar refractivity (Wildman–Crippen MR) is 144 cm³/mol. The molecule has 5 rings (SSSR count). The SMILES string of the molecule is CCOC(=O)C1=C(C)N=c2s/c(=C\c3ccc(-c4ccccc4C(=O)O)o3)c(=O)n2[C@@H]1c1ccccc1OC. The molecule has 0 spiro atoms.